The Morgan fingerprint density at radius 3 is 2.83 bits per heavy atom. The average molecular weight is 354 g/mol. The second-order valence-electron chi connectivity index (χ2n) is 5.68. The van der Waals surface area contributed by atoms with Crippen LogP contribution in [0.3, 0.4) is 0 Å². The molecule has 0 spiro atoms. The molecule has 2 aliphatic rings. The van der Waals surface area contributed by atoms with Gasteiger partial charge >= 0.3 is 6.09 Å². The van der Waals surface area contributed by atoms with Gasteiger partial charge in [0, 0.05) is 26.2 Å². The third-order valence-electron chi connectivity index (χ3n) is 4.06. The molecule has 2 fully saturated rings. The molecule has 7 nitrogen and oxygen atoms in total. The molecular formula is C15H19FN4O3S. The lowest BCUT2D eigenvalue weighted by Gasteiger charge is -2.30. The van der Waals surface area contributed by atoms with Gasteiger partial charge in [-0.2, -0.15) is 0 Å². The molecule has 0 aliphatic carbocycles. The van der Waals surface area contributed by atoms with Crippen LogP contribution in [0.4, 0.5) is 25.4 Å². The molecule has 0 bridgehead atoms. The second-order valence-corrected chi connectivity index (χ2v) is 6.08. The van der Waals surface area contributed by atoms with E-state index in [9.17, 15) is 14.0 Å². The van der Waals surface area contributed by atoms with Crippen molar-refractivity contribution in [1.82, 2.24) is 10.6 Å². The van der Waals surface area contributed by atoms with Gasteiger partial charge < -0.3 is 20.3 Å². The predicted molar refractivity (Wildman–Crippen MR) is 91.5 cm³/mol. The molecule has 2 heterocycles. The van der Waals surface area contributed by atoms with Gasteiger partial charge in [0.25, 0.3) is 5.24 Å². The van der Waals surface area contributed by atoms with Crippen molar-refractivity contribution in [3.8, 4) is 0 Å². The van der Waals surface area contributed by atoms with Crippen molar-refractivity contribution in [3.05, 3.63) is 24.0 Å². The Morgan fingerprint density at radius 2 is 2.17 bits per heavy atom. The largest absolute Gasteiger partial charge is 0.442 e. The molecule has 130 valence electrons. The molecule has 2 saturated heterocycles. The highest BCUT2D eigenvalue weighted by molar-refractivity contribution is 7.96. The Kier molecular flexibility index (Phi) is 5.10. The normalized spacial score (nSPS) is 20.9. The first kappa shape index (κ1) is 16.8. The summed E-state index contributed by atoms with van der Waals surface area (Å²) >= 11 is 3.60. The summed E-state index contributed by atoms with van der Waals surface area (Å²) in [6.07, 6.45) is -1.03. The van der Waals surface area contributed by atoms with Crippen molar-refractivity contribution in [2.75, 3.05) is 49.1 Å². The van der Waals surface area contributed by atoms with Gasteiger partial charge in [0.05, 0.1) is 24.5 Å². The minimum absolute atomic E-state index is 0.173. The van der Waals surface area contributed by atoms with Crippen LogP contribution >= 0.6 is 12.6 Å². The topological polar surface area (TPSA) is 73.9 Å². The fraction of sp³-hybridized carbons (Fsp3) is 0.467. The molecule has 1 aromatic carbocycles. The summed E-state index contributed by atoms with van der Waals surface area (Å²) in [6, 6.07) is 4.74. The molecule has 1 aromatic rings. The maximum absolute atomic E-state index is 14.5. The Labute approximate surface area is 144 Å². The summed E-state index contributed by atoms with van der Waals surface area (Å²) in [6.45, 7) is 3.54. The Hall–Kier alpha value is -2.00. The highest BCUT2D eigenvalue weighted by Gasteiger charge is 2.33. The standard InChI is InChI=1S/C15H19FN4O3S/c16-12-7-10(1-2-13(12)19-5-3-17-4-6-19)20-9-11(23-15(20)22)8-18-14(21)24/h1-2,7,11,17H,3-6,8-9H2,(H2,18,21,24). The number of hydrogen-bond donors (Lipinski definition) is 3. The van der Waals surface area contributed by atoms with E-state index >= 15 is 0 Å². The highest BCUT2D eigenvalue weighted by atomic mass is 32.1. The van der Waals surface area contributed by atoms with E-state index in [1.165, 1.54) is 11.0 Å². The molecule has 9 heteroatoms. The maximum atomic E-state index is 14.5. The molecule has 2 aliphatic heterocycles. The zero-order valence-electron chi connectivity index (χ0n) is 13.0. The number of thiol groups is 1. The zero-order valence-corrected chi connectivity index (χ0v) is 13.9. The van der Waals surface area contributed by atoms with Crippen LogP contribution in [-0.4, -0.2) is 56.7 Å². The number of carbonyl (C=O) groups excluding carboxylic acids is 2. The summed E-state index contributed by atoms with van der Waals surface area (Å²) in [5.74, 6) is -0.366. The van der Waals surface area contributed by atoms with E-state index in [4.69, 9.17) is 4.74 Å². The number of nitrogens with zero attached hydrogens (tertiary/aromatic N) is 2. The van der Waals surface area contributed by atoms with Crippen LogP contribution in [0.5, 0.6) is 0 Å². The fourth-order valence-electron chi connectivity index (χ4n) is 2.87. The average Bonchev–Trinajstić information content (AvgIpc) is 2.94. The van der Waals surface area contributed by atoms with Crippen molar-refractivity contribution in [3.63, 3.8) is 0 Å². The fourth-order valence-corrected chi connectivity index (χ4v) is 2.96. The van der Waals surface area contributed by atoms with Crippen LogP contribution in [0, 0.1) is 5.82 Å². The van der Waals surface area contributed by atoms with E-state index in [0.717, 1.165) is 26.2 Å². The lowest BCUT2D eigenvalue weighted by Crippen LogP contribution is -2.43. The SMILES string of the molecule is O=C(S)NCC1CN(c2ccc(N3CCNCC3)c(F)c2)C(=O)O1. The molecule has 0 aromatic heterocycles. The number of ether oxygens (including phenoxy) is 1. The number of cyclic esters (lactones) is 1. The molecule has 1 unspecified atom stereocenters. The third kappa shape index (κ3) is 3.73. The van der Waals surface area contributed by atoms with Crippen molar-refractivity contribution < 1.29 is 18.7 Å². The lowest BCUT2D eigenvalue weighted by atomic mass is 10.2. The van der Waals surface area contributed by atoms with E-state index in [-0.39, 0.29) is 18.9 Å². The maximum Gasteiger partial charge on any atom is 0.414 e. The van der Waals surface area contributed by atoms with Gasteiger partial charge in [-0.1, -0.05) is 12.6 Å². The van der Waals surface area contributed by atoms with Crippen molar-refractivity contribution in [2.24, 2.45) is 0 Å². The molecule has 3 rings (SSSR count). The number of carbonyl (C=O) groups is 2. The predicted octanol–water partition coefficient (Wildman–Crippen LogP) is 1.20. The Bertz CT molecular complexity index is 639. The van der Waals surface area contributed by atoms with Gasteiger partial charge in [-0.25, -0.2) is 9.18 Å². The van der Waals surface area contributed by atoms with Crippen LogP contribution in [0.2, 0.25) is 0 Å². The number of rotatable bonds is 4. The van der Waals surface area contributed by atoms with Gasteiger partial charge in [0.2, 0.25) is 0 Å². The summed E-state index contributed by atoms with van der Waals surface area (Å²) in [4.78, 5) is 26.1. The number of hydrogen-bond acceptors (Lipinski definition) is 5. The van der Waals surface area contributed by atoms with E-state index < -0.39 is 17.4 Å². The number of nitrogens with one attached hydrogen (secondary N) is 2. The molecule has 1 atom stereocenters. The molecule has 2 amide bonds. The van der Waals surface area contributed by atoms with E-state index in [1.54, 1.807) is 12.1 Å². The molecule has 24 heavy (non-hydrogen) atoms. The van der Waals surface area contributed by atoms with Gasteiger partial charge in [0.15, 0.2) is 0 Å². The van der Waals surface area contributed by atoms with Crippen LogP contribution in [0.25, 0.3) is 0 Å². The first-order valence-corrected chi connectivity index (χ1v) is 8.19. The number of piperazine rings is 1. The first-order chi connectivity index (χ1) is 11.5. The van der Waals surface area contributed by atoms with Gasteiger partial charge in [-0.3, -0.25) is 9.69 Å². The monoisotopic (exact) mass is 354 g/mol. The summed E-state index contributed by atoms with van der Waals surface area (Å²) < 4.78 is 19.6. The second kappa shape index (κ2) is 7.27. The third-order valence-corrected chi connectivity index (χ3v) is 4.21. The number of halogens is 1. The molecular weight excluding hydrogens is 335 g/mol. The molecule has 0 radical (unpaired) electrons. The van der Waals surface area contributed by atoms with Crippen molar-refractivity contribution >= 4 is 35.3 Å². The van der Waals surface area contributed by atoms with Gasteiger partial charge in [0.1, 0.15) is 11.9 Å². The molecule has 2 N–H and O–H groups in total. The highest BCUT2D eigenvalue weighted by Crippen LogP contribution is 2.28. The van der Waals surface area contributed by atoms with E-state index in [1.807, 2.05) is 4.90 Å². The summed E-state index contributed by atoms with van der Waals surface area (Å²) in [5, 5.41) is 5.21. The summed E-state index contributed by atoms with van der Waals surface area (Å²) in [5.41, 5.74) is 0.975. The quantitative estimate of drug-likeness (QED) is 0.709. The van der Waals surface area contributed by atoms with Crippen LogP contribution < -0.4 is 20.4 Å². The van der Waals surface area contributed by atoms with Crippen LogP contribution in [0.15, 0.2) is 18.2 Å². The zero-order chi connectivity index (χ0) is 17.1. The van der Waals surface area contributed by atoms with Gasteiger partial charge in [-0.15, -0.1) is 0 Å². The van der Waals surface area contributed by atoms with Crippen molar-refractivity contribution in [2.45, 2.75) is 6.10 Å². The lowest BCUT2D eigenvalue weighted by molar-refractivity contribution is 0.141. The van der Waals surface area contributed by atoms with E-state index in [0.29, 0.717) is 11.4 Å². The van der Waals surface area contributed by atoms with E-state index in [2.05, 4.69) is 23.3 Å². The summed E-state index contributed by atoms with van der Waals surface area (Å²) in [7, 11) is 0. The number of benzene rings is 1. The first-order valence-electron chi connectivity index (χ1n) is 7.75. The Balaban J connectivity index is 1.69. The van der Waals surface area contributed by atoms with Crippen LogP contribution in [-0.2, 0) is 4.74 Å². The number of amides is 2. The van der Waals surface area contributed by atoms with Crippen LogP contribution in [0.1, 0.15) is 0 Å². The Morgan fingerprint density at radius 1 is 1.42 bits per heavy atom. The smallest absolute Gasteiger partial charge is 0.414 e. The van der Waals surface area contributed by atoms with Gasteiger partial charge in [-0.05, 0) is 18.2 Å². The minimum atomic E-state index is -0.553. The minimum Gasteiger partial charge on any atom is -0.442 e. The number of anilines is 2. The molecule has 0 saturated carbocycles. The van der Waals surface area contributed by atoms with Crippen molar-refractivity contribution in [1.29, 1.82) is 0 Å².